The summed E-state index contributed by atoms with van der Waals surface area (Å²) >= 11 is 0. The standard InChI is InChI=1S/C5H10N2O/c1-5-6-8-4-3-7(5)2/h3-4H2,1-2H3. The molecular weight excluding hydrogens is 104 g/mol. The Kier molecular flexibility index (Phi) is 1.37. The highest BCUT2D eigenvalue weighted by atomic mass is 16.6. The highest BCUT2D eigenvalue weighted by Gasteiger charge is 2.04. The normalized spacial score (nSPS) is 19.8. The molecule has 0 fully saturated rings. The first-order chi connectivity index (χ1) is 3.80. The molecule has 1 aliphatic rings. The van der Waals surface area contributed by atoms with Gasteiger partial charge in [-0.2, -0.15) is 0 Å². The third-order valence-corrected chi connectivity index (χ3v) is 1.27. The van der Waals surface area contributed by atoms with E-state index in [1.807, 2.05) is 14.0 Å². The van der Waals surface area contributed by atoms with Crippen molar-refractivity contribution in [2.75, 3.05) is 20.2 Å². The van der Waals surface area contributed by atoms with Crippen LogP contribution >= 0.6 is 0 Å². The maximum Gasteiger partial charge on any atom is 0.141 e. The zero-order valence-corrected chi connectivity index (χ0v) is 5.22. The van der Waals surface area contributed by atoms with Gasteiger partial charge in [-0.15, -0.1) is 0 Å². The molecule has 1 aliphatic heterocycles. The molecule has 0 aliphatic carbocycles. The fourth-order valence-electron chi connectivity index (χ4n) is 0.548. The van der Waals surface area contributed by atoms with Crippen LogP contribution in [-0.4, -0.2) is 30.9 Å². The first-order valence-electron chi connectivity index (χ1n) is 2.68. The van der Waals surface area contributed by atoms with Crippen molar-refractivity contribution in [2.45, 2.75) is 6.92 Å². The van der Waals surface area contributed by atoms with Gasteiger partial charge in [-0.3, -0.25) is 0 Å². The molecule has 3 heteroatoms. The lowest BCUT2D eigenvalue weighted by Gasteiger charge is -2.20. The summed E-state index contributed by atoms with van der Waals surface area (Å²) < 4.78 is 0. The van der Waals surface area contributed by atoms with Crippen molar-refractivity contribution in [3.8, 4) is 0 Å². The van der Waals surface area contributed by atoms with Crippen molar-refractivity contribution >= 4 is 5.84 Å². The molecule has 0 atom stereocenters. The molecule has 46 valence electrons. The van der Waals surface area contributed by atoms with Gasteiger partial charge in [0.05, 0.1) is 6.54 Å². The van der Waals surface area contributed by atoms with Crippen molar-refractivity contribution < 1.29 is 4.84 Å². The van der Waals surface area contributed by atoms with Crippen LogP contribution in [0.2, 0.25) is 0 Å². The third kappa shape index (κ3) is 0.911. The molecule has 0 radical (unpaired) electrons. The predicted molar refractivity (Wildman–Crippen MR) is 31.7 cm³/mol. The number of hydrogen-bond acceptors (Lipinski definition) is 3. The molecule has 0 saturated heterocycles. The van der Waals surface area contributed by atoms with Gasteiger partial charge in [0, 0.05) is 7.05 Å². The van der Waals surface area contributed by atoms with Gasteiger partial charge in [0.2, 0.25) is 0 Å². The summed E-state index contributed by atoms with van der Waals surface area (Å²) in [4.78, 5) is 6.86. The SMILES string of the molecule is CC1=NOCCN1C. The zero-order chi connectivity index (χ0) is 5.98. The average Bonchev–Trinajstić information content (AvgIpc) is 1.77. The summed E-state index contributed by atoms with van der Waals surface area (Å²) in [5.74, 6) is 0.955. The summed E-state index contributed by atoms with van der Waals surface area (Å²) in [5.41, 5.74) is 0. The highest BCUT2D eigenvalue weighted by Crippen LogP contribution is 1.94. The van der Waals surface area contributed by atoms with Crippen LogP contribution in [0.3, 0.4) is 0 Å². The second kappa shape index (κ2) is 2.03. The number of amidine groups is 1. The van der Waals surface area contributed by atoms with E-state index in [9.17, 15) is 0 Å². The Morgan fingerprint density at radius 1 is 1.75 bits per heavy atom. The molecule has 0 saturated carbocycles. The summed E-state index contributed by atoms with van der Waals surface area (Å²) in [5, 5.41) is 3.75. The number of oxime groups is 1. The molecular formula is C5H10N2O. The van der Waals surface area contributed by atoms with Crippen LogP contribution in [0.5, 0.6) is 0 Å². The minimum atomic E-state index is 0.716. The Bertz CT molecular complexity index is 111. The molecule has 0 aromatic rings. The monoisotopic (exact) mass is 114 g/mol. The molecule has 8 heavy (non-hydrogen) atoms. The molecule has 1 rings (SSSR count). The predicted octanol–water partition coefficient (Wildman–Crippen LogP) is 0.282. The maximum absolute atomic E-state index is 4.80. The van der Waals surface area contributed by atoms with E-state index in [0.29, 0.717) is 6.61 Å². The summed E-state index contributed by atoms with van der Waals surface area (Å²) in [6.45, 7) is 3.60. The highest BCUT2D eigenvalue weighted by molar-refractivity contribution is 5.79. The van der Waals surface area contributed by atoms with E-state index in [1.165, 1.54) is 0 Å². The Morgan fingerprint density at radius 2 is 2.50 bits per heavy atom. The first-order valence-corrected chi connectivity index (χ1v) is 2.68. The lowest BCUT2D eigenvalue weighted by Crippen LogP contribution is -2.31. The van der Waals surface area contributed by atoms with Crippen molar-refractivity contribution in [1.29, 1.82) is 0 Å². The Hall–Kier alpha value is -0.730. The Morgan fingerprint density at radius 3 is 2.88 bits per heavy atom. The van der Waals surface area contributed by atoms with Crippen molar-refractivity contribution in [1.82, 2.24) is 4.90 Å². The van der Waals surface area contributed by atoms with E-state index in [0.717, 1.165) is 12.4 Å². The van der Waals surface area contributed by atoms with Crippen LogP contribution in [0, 0.1) is 0 Å². The van der Waals surface area contributed by atoms with Gasteiger partial charge in [0.25, 0.3) is 0 Å². The minimum Gasteiger partial charge on any atom is -0.393 e. The summed E-state index contributed by atoms with van der Waals surface area (Å²) in [6, 6.07) is 0. The van der Waals surface area contributed by atoms with Crippen LogP contribution in [0.15, 0.2) is 5.16 Å². The van der Waals surface area contributed by atoms with E-state index >= 15 is 0 Å². The lowest BCUT2D eigenvalue weighted by atomic mass is 10.5. The van der Waals surface area contributed by atoms with Crippen molar-refractivity contribution in [2.24, 2.45) is 5.16 Å². The van der Waals surface area contributed by atoms with Crippen molar-refractivity contribution in [3.63, 3.8) is 0 Å². The molecule has 0 bridgehead atoms. The van der Waals surface area contributed by atoms with Gasteiger partial charge in [0.1, 0.15) is 12.4 Å². The van der Waals surface area contributed by atoms with Gasteiger partial charge >= 0.3 is 0 Å². The van der Waals surface area contributed by atoms with Gasteiger partial charge in [-0.25, -0.2) is 0 Å². The lowest BCUT2D eigenvalue weighted by molar-refractivity contribution is 0.108. The molecule has 0 amide bonds. The van der Waals surface area contributed by atoms with Crippen LogP contribution in [0.4, 0.5) is 0 Å². The fraction of sp³-hybridized carbons (Fsp3) is 0.800. The van der Waals surface area contributed by atoms with E-state index < -0.39 is 0 Å². The third-order valence-electron chi connectivity index (χ3n) is 1.27. The van der Waals surface area contributed by atoms with Gasteiger partial charge in [-0.05, 0) is 6.92 Å². The summed E-state index contributed by atoms with van der Waals surface area (Å²) in [7, 11) is 2.00. The zero-order valence-electron chi connectivity index (χ0n) is 5.22. The number of likely N-dealkylation sites (N-methyl/N-ethyl adjacent to an activating group) is 1. The largest absolute Gasteiger partial charge is 0.393 e. The minimum absolute atomic E-state index is 0.716. The van der Waals surface area contributed by atoms with E-state index in [1.54, 1.807) is 0 Å². The molecule has 0 aromatic heterocycles. The quantitative estimate of drug-likeness (QED) is 0.452. The topological polar surface area (TPSA) is 24.8 Å². The van der Waals surface area contributed by atoms with Gasteiger partial charge < -0.3 is 9.74 Å². The van der Waals surface area contributed by atoms with E-state index in [4.69, 9.17) is 4.84 Å². The van der Waals surface area contributed by atoms with Crippen LogP contribution in [0.25, 0.3) is 0 Å². The van der Waals surface area contributed by atoms with Gasteiger partial charge in [-0.1, -0.05) is 5.16 Å². The fourth-order valence-corrected chi connectivity index (χ4v) is 0.548. The van der Waals surface area contributed by atoms with Crippen LogP contribution in [-0.2, 0) is 4.84 Å². The van der Waals surface area contributed by atoms with Crippen molar-refractivity contribution in [3.05, 3.63) is 0 Å². The molecule has 0 N–H and O–H groups in total. The molecule has 0 spiro atoms. The van der Waals surface area contributed by atoms with E-state index in [2.05, 4.69) is 10.1 Å². The number of nitrogens with zero attached hydrogens (tertiary/aromatic N) is 2. The number of hydrogen-bond donors (Lipinski definition) is 0. The second-order valence-electron chi connectivity index (χ2n) is 1.89. The van der Waals surface area contributed by atoms with Crippen LogP contribution < -0.4 is 0 Å². The maximum atomic E-state index is 4.80. The average molecular weight is 114 g/mol. The first kappa shape index (κ1) is 5.41. The Labute approximate surface area is 48.9 Å². The summed E-state index contributed by atoms with van der Waals surface area (Å²) in [6.07, 6.45) is 0. The van der Waals surface area contributed by atoms with E-state index in [-0.39, 0.29) is 0 Å². The molecule has 0 unspecified atom stereocenters. The number of rotatable bonds is 0. The van der Waals surface area contributed by atoms with Gasteiger partial charge in [0.15, 0.2) is 0 Å². The Balaban J connectivity index is 2.53. The second-order valence-corrected chi connectivity index (χ2v) is 1.89. The molecule has 1 heterocycles. The smallest absolute Gasteiger partial charge is 0.141 e. The molecule has 3 nitrogen and oxygen atoms in total. The molecule has 0 aromatic carbocycles. The van der Waals surface area contributed by atoms with Crippen LogP contribution in [0.1, 0.15) is 6.92 Å².